The number of hydrogen-bond donors (Lipinski definition) is 1. The Labute approximate surface area is 210 Å². The largest absolute Gasteiger partial charge is 0.495 e. The molecule has 0 radical (unpaired) electrons. The van der Waals surface area contributed by atoms with Gasteiger partial charge in [0.15, 0.2) is 11.9 Å². The average molecular weight is 519 g/mol. The Morgan fingerprint density at radius 1 is 0.941 bits per heavy atom. The van der Waals surface area contributed by atoms with Crippen LogP contribution in [0.3, 0.4) is 0 Å². The van der Waals surface area contributed by atoms with Crippen molar-refractivity contribution in [3.8, 4) is 11.5 Å². The van der Waals surface area contributed by atoms with Crippen LogP contribution in [0.5, 0.6) is 11.5 Å². The van der Waals surface area contributed by atoms with Gasteiger partial charge in [-0.25, -0.2) is 0 Å². The van der Waals surface area contributed by atoms with E-state index in [0.29, 0.717) is 27.5 Å². The van der Waals surface area contributed by atoms with Crippen LogP contribution < -0.4 is 14.8 Å². The fraction of sp³-hybridized carbons (Fsp3) is 0.120. The van der Waals surface area contributed by atoms with Crippen LogP contribution >= 0.6 is 34.8 Å². The number of benzene rings is 3. The van der Waals surface area contributed by atoms with E-state index in [1.807, 2.05) is 0 Å². The van der Waals surface area contributed by atoms with Crippen LogP contribution in [0.4, 0.5) is 5.69 Å². The molecule has 4 aromatic rings. The molecule has 34 heavy (non-hydrogen) atoms. The minimum Gasteiger partial charge on any atom is -0.495 e. The Morgan fingerprint density at radius 3 is 2.35 bits per heavy atom. The summed E-state index contributed by atoms with van der Waals surface area (Å²) in [5.41, 5.74) is 0.947. The van der Waals surface area contributed by atoms with E-state index in [0.717, 1.165) is 0 Å². The smallest absolute Gasteiger partial charge is 0.265 e. The maximum absolute atomic E-state index is 13.3. The molecule has 1 N–H and O–H groups in total. The van der Waals surface area contributed by atoms with Gasteiger partial charge >= 0.3 is 0 Å². The highest BCUT2D eigenvalue weighted by Gasteiger charge is 2.26. The number of furan rings is 1. The van der Waals surface area contributed by atoms with Crippen molar-refractivity contribution in [2.45, 2.75) is 13.0 Å². The predicted octanol–water partition coefficient (Wildman–Crippen LogP) is 7.04. The number of amides is 1. The van der Waals surface area contributed by atoms with E-state index in [1.165, 1.54) is 19.2 Å². The van der Waals surface area contributed by atoms with Crippen molar-refractivity contribution in [1.29, 1.82) is 0 Å². The molecule has 1 heterocycles. The number of carbonyl (C=O) groups is 2. The van der Waals surface area contributed by atoms with Crippen molar-refractivity contribution in [3.63, 3.8) is 0 Å². The van der Waals surface area contributed by atoms with Crippen molar-refractivity contribution >= 4 is 63.1 Å². The molecule has 0 bridgehead atoms. The molecule has 0 spiro atoms. The van der Waals surface area contributed by atoms with E-state index in [-0.39, 0.29) is 27.1 Å². The minimum atomic E-state index is -0.939. The lowest BCUT2D eigenvalue weighted by molar-refractivity contribution is -0.122. The standard InChI is InChI=1S/C25H18Cl3NO5/c1-13(33-21-10-8-15(26)12-18(21)28)25(31)29-22-16-5-3-4-6-19(16)34-24(22)23(30)14-7-9-20(32-2)17(27)11-14/h3-13H,1-2H3,(H,29,31). The van der Waals surface area contributed by atoms with Crippen molar-refractivity contribution in [1.82, 2.24) is 0 Å². The summed E-state index contributed by atoms with van der Waals surface area (Å²) in [6.07, 6.45) is -0.939. The lowest BCUT2D eigenvalue weighted by atomic mass is 10.1. The maximum atomic E-state index is 13.3. The first-order valence-electron chi connectivity index (χ1n) is 10.1. The number of methoxy groups -OCH3 is 1. The number of ketones is 1. The molecule has 1 atom stereocenters. The lowest BCUT2D eigenvalue weighted by Crippen LogP contribution is -2.30. The Bertz CT molecular complexity index is 1400. The number of para-hydroxylation sites is 1. The Morgan fingerprint density at radius 2 is 1.65 bits per heavy atom. The first-order valence-corrected chi connectivity index (χ1v) is 11.2. The minimum absolute atomic E-state index is 0.0347. The molecule has 1 unspecified atom stereocenters. The van der Waals surface area contributed by atoms with Gasteiger partial charge in [0.05, 0.1) is 22.8 Å². The van der Waals surface area contributed by atoms with Crippen LogP contribution in [0.25, 0.3) is 11.0 Å². The molecular formula is C25H18Cl3NO5. The summed E-state index contributed by atoms with van der Waals surface area (Å²) in [7, 11) is 1.48. The van der Waals surface area contributed by atoms with Gasteiger partial charge in [-0.1, -0.05) is 46.9 Å². The van der Waals surface area contributed by atoms with Gasteiger partial charge in [-0.2, -0.15) is 0 Å². The van der Waals surface area contributed by atoms with Gasteiger partial charge in [0.25, 0.3) is 5.91 Å². The van der Waals surface area contributed by atoms with E-state index >= 15 is 0 Å². The highest BCUT2D eigenvalue weighted by Crippen LogP contribution is 2.34. The van der Waals surface area contributed by atoms with E-state index in [9.17, 15) is 9.59 Å². The molecule has 3 aromatic carbocycles. The molecule has 0 aliphatic heterocycles. The van der Waals surface area contributed by atoms with Crippen LogP contribution in [0, 0.1) is 0 Å². The Hall–Kier alpha value is -3.19. The predicted molar refractivity (Wildman–Crippen MR) is 133 cm³/mol. The zero-order valence-corrected chi connectivity index (χ0v) is 20.3. The number of ether oxygens (including phenoxy) is 2. The molecule has 0 aliphatic carbocycles. The van der Waals surface area contributed by atoms with Gasteiger partial charge in [-0.15, -0.1) is 0 Å². The maximum Gasteiger partial charge on any atom is 0.265 e. The number of anilines is 1. The van der Waals surface area contributed by atoms with Crippen LogP contribution in [0.1, 0.15) is 23.0 Å². The number of nitrogens with one attached hydrogen (secondary N) is 1. The third-order valence-electron chi connectivity index (χ3n) is 5.03. The zero-order chi connectivity index (χ0) is 24.4. The van der Waals surface area contributed by atoms with Crippen LogP contribution in [-0.2, 0) is 4.79 Å². The van der Waals surface area contributed by atoms with Crippen LogP contribution in [0.15, 0.2) is 65.1 Å². The first-order chi connectivity index (χ1) is 16.3. The number of fused-ring (bicyclic) bond motifs is 1. The van der Waals surface area contributed by atoms with E-state index in [4.69, 9.17) is 48.7 Å². The number of rotatable bonds is 7. The summed E-state index contributed by atoms with van der Waals surface area (Å²) in [4.78, 5) is 26.3. The highest BCUT2D eigenvalue weighted by molar-refractivity contribution is 6.35. The molecule has 0 saturated heterocycles. The van der Waals surface area contributed by atoms with Crippen LogP contribution in [0.2, 0.25) is 15.1 Å². The fourth-order valence-corrected chi connectivity index (χ4v) is 4.02. The monoisotopic (exact) mass is 517 g/mol. The summed E-state index contributed by atoms with van der Waals surface area (Å²) in [6, 6.07) is 16.3. The zero-order valence-electron chi connectivity index (χ0n) is 18.0. The van der Waals surface area contributed by atoms with Crippen molar-refractivity contribution in [2.75, 3.05) is 12.4 Å². The summed E-state index contributed by atoms with van der Waals surface area (Å²) in [6.45, 7) is 1.56. The molecule has 1 amide bonds. The van der Waals surface area contributed by atoms with Crippen molar-refractivity contribution in [2.24, 2.45) is 0 Å². The second-order valence-electron chi connectivity index (χ2n) is 7.30. The number of halogens is 3. The molecule has 9 heteroatoms. The summed E-state index contributed by atoms with van der Waals surface area (Å²) in [5.74, 6) is -0.254. The summed E-state index contributed by atoms with van der Waals surface area (Å²) in [5, 5.41) is 4.32. The quantitative estimate of drug-likeness (QED) is 0.266. The molecular weight excluding hydrogens is 501 g/mol. The van der Waals surface area contributed by atoms with E-state index in [2.05, 4.69) is 5.32 Å². The second-order valence-corrected chi connectivity index (χ2v) is 8.56. The Balaban J connectivity index is 1.65. The van der Waals surface area contributed by atoms with Gasteiger partial charge in [-0.05, 0) is 55.5 Å². The molecule has 6 nitrogen and oxygen atoms in total. The summed E-state index contributed by atoms with van der Waals surface area (Å²) < 4.78 is 16.7. The molecule has 174 valence electrons. The molecule has 0 fully saturated rings. The second kappa shape index (κ2) is 9.97. The van der Waals surface area contributed by atoms with Gasteiger partial charge in [0.1, 0.15) is 17.1 Å². The van der Waals surface area contributed by atoms with Gasteiger partial charge in [0, 0.05) is 16.0 Å². The normalized spacial score (nSPS) is 11.8. The van der Waals surface area contributed by atoms with Gasteiger partial charge < -0.3 is 19.2 Å². The third-order valence-corrected chi connectivity index (χ3v) is 5.86. The van der Waals surface area contributed by atoms with Crippen LogP contribution in [-0.4, -0.2) is 24.9 Å². The number of hydrogen-bond acceptors (Lipinski definition) is 5. The topological polar surface area (TPSA) is 77.8 Å². The number of carbonyl (C=O) groups excluding carboxylic acids is 2. The fourth-order valence-electron chi connectivity index (χ4n) is 3.31. The SMILES string of the molecule is COc1ccc(C(=O)c2oc3ccccc3c2NC(=O)C(C)Oc2ccc(Cl)cc2Cl)cc1Cl. The van der Waals surface area contributed by atoms with Crippen molar-refractivity contribution < 1.29 is 23.5 Å². The van der Waals surface area contributed by atoms with Crippen molar-refractivity contribution in [3.05, 3.63) is 87.1 Å². The molecule has 4 rings (SSSR count). The molecule has 0 aliphatic rings. The summed E-state index contributed by atoms with van der Waals surface area (Å²) >= 11 is 18.3. The van der Waals surface area contributed by atoms with Gasteiger partial charge in [0.2, 0.25) is 5.78 Å². The first kappa shape index (κ1) is 24.0. The van der Waals surface area contributed by atoms with E-state index in [1.54, 1.807) is 55.5 Å². The van der Waals surface area contributed by atoms with E-state index < -0.39 is 17.8 Å². The molecule has 0 saturated carbocycles. The molecule has 1 aromatic heterocycles. The lowest BCUT2D eigenvalue weighted by Gasteiger charge is -2.16. The average Bonchev–Trinajstić information content (AvgIpc) is 3.18. The highest BCUT2D eigenvalue weighted by atomic mass is 35.5. The van der Waals surface area contributed by atoms with Gasteiger partial charge in [-0.3, -0.25) is 9.59 Å². The third kappa shape index (κ3) is 4.85. The Kier molecular flexibility index (Phi) is 7.03.